The van der Waals surface area contributed by atoms with E-state index in [0.29, 0.717) is 27.4 Å². The number of aromatic nitrogens is 1. The molecule has 0 spiro atoms. The van der Waals surface area contributed by atoms with E-state index < -0.39 is 12.0 Å². The largest absolute Gasteiger partial charge is 0.465 e. The highest BCUT2D eigenvalue weighted by Crippen LogP contribution is 2.27. The van der Waals surface area contributed by atoms with Crippen LogP contribution < -0.4 is 5.73 Å². The lowest BCUT2D eigenvalue weighted by molar-refractivity contribution is -0.122. The van der Waals surface area contributed by atoms with Crippen LogP contribution in [0.15, 0.2) is 60.8 Å². The van der Waals surface area contributed by atoms with E-state index >= 15 is 0 Å². The lowest BCUT2D eigenvalue weighted by Crippen LogP contribution is -2.45. The Bertz CT molecular complexity index is 1230. The van der Waals surface area contributed by atoms with Crippen molar-refractivity contribution in [2.75, 3.05) is 12.8 Å². The van der Waals surface area contributed by atoms with Crippen LogP contribution in [0.3, 0.4) is 0 Å². The SMILES string of the molecule is COC(=O)c1ccc(CN2C(=O)c3ccc(Cl)cc3CC(=O)[C@H]2Cc2ccccn2)cc1N. The van der Waals surface area contributed by atoms with Crippen molar-refractivity contribution in [2.24, 2.45) is 0 Å². The molecule has 7 nitrogen and oxygen atoms in total. The number of hydrogen-bond donors (Lipinski definition) is 1. The van der Waals surface area contributed by atoms with E-state index in [1.807, 2.05) is 12.1 Å². The van der Waals surface area contributed by atoms with E-state index in [4.69, 9.17) is 22.1 Å². The van der Waals surface area contributed by atoms with Gasteiger partial charge in [-0.05, 0) is 53.6 Å². The zero-order chi connectivity index (χ0) is 23.5. The van der Waals surface area contributed by atoms with Crippen LogP contribution in [0.25, 0.3) is 0 Å². The van der Waals surface area contributed by atoms with Crippen molar-refractivity contribution in [2.45, 2.75) is 25.4 Å². The summed E-state index contributed by atoms with van der Waals surface area (Å²) in [5, 5.41) is 0.468. The Kier molecular flexibility index (Phi) is 6.42. The molecule has 168 valence electrons. The number of amides is 1. The van der Waals surface area contributed by atoms with Gasteiger partial charge in [0.15, 0.2) is 5.78 Å². The first-order valence-electron chi connectivity index (χ1n) is 10.4. The van der Waals surface area contributed by atoms with Crippen LogP contribution in [-0.4, -0.2) is 40.7 Å². The van der Waals surface area contributed by atoms with Gasteiger partial charge in [-0.15, -0.1) is 0 Å². The fourth-order valence-corrected chi connectivity index (χ4v) is 4.21. The summed E-state index contributed by atoms with van der Waals surface area (Å²) in [7, 11) is 1.28. The van der Waals surface area contributed by atoms with Crippen LogP contribution in [0.2, 0.25) is 5.02 Å². The third kappa shape index (κ3) is 4.73. The number of nitrogens with two attached hydrogens (primary N) is 1. The highest BCUT2D eigenvalue weighted by atomic mass is 35.5. The molecule has 0 radical (unpaired) electrons. The van der Waals surface area contributed by atoms with Crippen LogP contribution in [0.5, 0.6) is 0 Å². The lowest BCUT2D eigenvalue weighted by atomic mass is 9.99. The second kappa shape index (κ2) is 9.42. The van der Waals surface area contributed by atoms with E-state index in [1.54, 1.807) is 53.6 Å². The standard InChI is InChI=1S/C25H22ClN3O4/c1-33-25(32)20-7-5-15(10-21(20)27)14-29-22(13-18-4-2-3-9-28-18)23(30)12-16-11-17(26)6-8-19(16)24(29)31/h2-11,22H,12-14,27H2,1H3/t22-/m1/s1. The minimum Gasteiger partial charge on any atom is -0.465 e. The number of halogens is 1. The number of ether oxygens (including phenoxy) is 1. The Morgan fingerprint density at radius 3 is 2.70 bits per heavy atom. The maximum Gasteiger partial charge on any atom is 0.339 e. The maximum atomic E-state index is 13.6. The number of carbonyl (C=O) groups is 3. The van der Waals surface area contributed by atoms with Gasteiger partial charge in [-0.1, -0.05) is 23.7 Å². The fourth-order valence-electron chi connectivity index (χ4n) is 4.02. The monoisotopic (exact) mass is 463 g/mol. The molecular weight excluding hydrogens is 442 g/mol. The zero-order valence-corrected chi connectivity index (χ0v) is 18.7. The first kappa shape index (κ1) is 22.5. The number of carbonyl (C=O) groups excluding carboxylic acids is 3. The molecule has 0 aliphatic carbocycles. The van der Waals surface area contributed by atoms with Crippen molar-refractivity contribution in [3.8, 4) is 0 Å². The number of anilines is 1. The molecule has 3 aromatic rings. The van der Waals surface area contributed by atoms with Crippen LogP contribution in [0, 0.1) is 0 Å². The van der Waals surface area contributed by atoms with Gasteiger partial charge < -0.3 is 15.4 Å². The highest BCUT2D eigenvalue weighted by Gasteiger charge is 2.35. The molecule has 1 aromatic heterocycles. The third-order valence-electron chi connectivity index (χ3n) is 5.67. The van der Waals surface area contributed by atoms with Gasteiger partial charge in [0.25, 0.3) is 5.91 Å². The summed E-state index contributed by atoms with van der Waals surface area (Å²) in [4.78, 5) is 44.7. The molecule has 2 N–H and O–H groups in total. The Labute approximate surface area is 196 Å². The molecule has 0 unspecified atom stereocenters. The minimum atomic E-state index is -0.722. The van der Waals surface area contributed by atoms with Crippen molar-refractivity contribution in [3.63, 3.8) is 0 Å². The quantitative estimate of drug-likeness (QED) is 0.459. The van der Waals surface area contributed by atoms with E-state index in [2.05, 4.69) is 4.98 Å². The number of rotatable bonds is 5. The molecule has 0 saturated carbocycles. The maximum absolute atomic E-state index is 13.6. The Balaban J connectivity index is 1.73. The van der Waals surface area contributed by atoms with Crippen molar-refractivity contribution >= 4 is 34.9 Å². The predicted molar refractivity (Wildman–Crippen MR) is 124 cm³/mol. The van der Waals surface area contributed by atoms with Crippen molar-refractivity contribution < 1.29 is 19.1 Å². The summed E-state index contributed by atoms with van der Waals surface area (Å²) in [6, 6.07) is 14.6. The Morgan fingerprint density at radius 2 is 2.00 bits per heavy atom. The molecule has 1 atom stereocenters. The molecule has 0 saturated heterocycles. The molecular formula is C25H22ClN3O4. The van der Waals surface area contributed by atoms with Gasteiger partial charge >= 0.3 is 5.97 Å². The fraction of sp³-hybridized carbons (Fsp3) is 0.200. The summed E-state index contributed by atoms with van der Waals surface area (Å²) < 4.78 is 4.74. The molecule has 1 amide bonds. The predicted octanol–water partition coefficient (Wildman–Crippen LogP) is 3.48. The average Bonchev–Trinajstić information content (AvgIpc) is 2.89. The summed E-state index contributed by atoms with van der Waals surface area (Å²) in [6.07, 6.45) is 2.03. The summed E-state index contributed by atoms with van der Waals surface area (Å²) in [5.74, 6) is -0.919. The lowest BCUT2D eigenvalue weighted by Gasteiger charge is -2.29. The first-order chi connectivity index (χ1) is 15.9. The Morgan fingerprint density at radius 1 is 1.18 bits per heavy atom. The normalized spacial score (nSPS) is 15.7. The van der Waals surface area contributed by atoms with Crippen LogP contribution in [0.1, 0.15) is 37.5 Å². The van der Waals surface area contributed by atoms with Crippen LogP contribution in [0.4, 0.5) is 5.69 Å². The van der Waals surface area contributed by atoms with Crippen LogP contribution in [-0.2, 0) is 28.9 Å². The van der Waals surface area contributed by atoms with Gasteiger partial charge in [0.2, 0.25) is 0 Å². The average molecular weight is 464 g/mol. The number of nitrogens with zero attached hydrogens (tertiary/aromatic N) is 2. The molecule has 2 heterocycles. The zero-order valence-electron chi connectivity index (χ0n) is 18.0. The van der Waals surface area contributed by atoms with Crippen molar-refractivity contribution in [3.05, 3.63) is 93.8 Å². The number of fused-ring (bicyclic) bond motifs is 1. The number of nitrogen functional groups attached to an aromatic ring is 1. The van der Waals surface area contributed by atoms with Gasteiger partial charge in [-0.2, -0.15) is 0 Å². The number of methoxy groups -OCH3 is 1. The van der Waals surface area contributed by atoms with Gasteiger partial charge in [-0.25, -0.2) is 4.79 Å². The topological polar surface area (TPSA) is 103 Å². The minimum absolute atomic E-state index is 0.0963. The number of hydrogen-bond acceptors (Lipinski definition) is 6. The van der Waals surface area contributed by atoms with Gasteiger partial charge in [0, 0.05) is 47.6 Å². The molecule has 4 rings (SSSR count). The summed E-state index contributed by atoms with van der Waals surface area (Å²) in [5.41, 5.74) is 8.96. The molecule has 1 aliphatic rings. The highest BCUT2D eigenvalue weighted by molar-refractivity contribution is 6.30. The van der Waals surface area contributed by atoms with Crippen LogP contribution >= 0.6 is 11.6 Å². The molecule has 8 heteroatoms. The Hall–Kier alpha value is -3.71. The molecule has 1 aliphatic heterocycles. The van der Waals surface area contributed by atoms with Crippen molar-refractivity contribution in [1.29, 1.82) is 0 Å². The second-order valence-electron chi connectivity index (χ2n) is 7.83. The number of Topliss-reactive ketones (excluding diaryl/α,β-unsaturated/α-hetero) is 1. The van der Waals surface area contributed by atoms with Crippen molar-refractivity contribution in [1.82, 2.24) is 9.88 Å². The van der Waals surface area contributed by atoms with E-state index in [0.717, 1.165) is 0 Å². The summed E-state index contributed by atoms with van der Waals surface area (Å²) in [6.45, 7) is 0.135. The third-order valence-corrected chi connectivity index (χ3v) is 5.91. The number of benzene rings is 2. The van der Waals surface area contributed by atoms with Gasteiger partial charge in [0.1, 0.15) is 0 Å². The smallest absolute Gasteiger partial charge is 0.339 e. The molecule has 0 bridgehead atoms. The van der Waals surface area contributed by atoms with E-state index in [1.165, 1.54) is 7.11 Å². The number of ketones is 1. The molecule has 0 fully saturated rings. The second-order valence-corrected chi connectivity index (χ2v) is 8.27. The molecule has 33 heavy (non-hydrogen) atoms. The number of esters is 1. The summed E-state index contributed by atoms with van der Waals surface area (Å²) >= 11 is 6.13. The van der Waals surface area contributed by atoms with Gasteiger partial charge in [-0.3, -0.25) is 14.6 Å². The molecule has 2 aromatic carbocycles. The van der Waals surface area contributed by atoms with E-state index in [-0.39, 0.29) is 42.3 Å². The van der Waals surface area contributed by atoms with E-state index in [9.17, 15) is 14.4 Å². The number of pyridine rings is 1. The van der Waals surface area contributed by atoms with Gasteiger partial charge in [0.05, 0.1) is 18.7 Å². The first-order valence-corrected chi connectivity index (χ1v) is 10.7.